The largest absolute Gasteiger partial charge is 0.394 e. The minimum absolute atomic E-state index is 0.0406. The summed E-state index contributed by atoms with van der Waals surface area (Å²) in [5.74, 6) is -1.20. The molecule has 4 rings (SSSR count). The van der Waals surface area contributed by atoms with E-state index in [0.29, 0.717) is 23.0 Å². The second-order valence-corrected chi connectivity index (χ2v) is 6.33. The van der Waals surface area contributed by atoms with E-state index in [1.807, 2.05) is 0 Å². The molecular formula is C13H11ClF2N4OS. The highest BCUT2D eigenvalue weighted by Gasteiger charge is 2.46. The Hall–Kier alpha value is -1.41. The smallest absolute Gasteiger partial charge is 0.207 e. The first-order chi connectivity index (χ1) is 10.6. The van der Waals surface area contributed by atoms with Crippen LogP contribution in [0, 0.1) is 5.92 Å². The summed E-state index contributed by atoms with van der Waals surface area (Å²) in [4.78, 5) is 9.24. The molecule has 2 atom stereocenters. The maximum absolute atomic E-state index is 14.8. The van der Waals surface area contributed by atoms with Crippen molar-refractivity contribution in [3.05, 3.63) is 22.1 Å². The number of aliphatic imine (C=N–C) groups is 1. The van der Waals surface area contributed by atoms with Gasteiger partial charge in [0.25, 0.3) is 0 Å². The molecule has 0 saturated carbocycles. The van der Waals surface area contributed by atoms with Gasteiger partial charge in [0.05, 0.1) is 11.6 Å². The van der Waals surface area contributed by atoms with Gasteiger partial charge < -0.3 is 4.84 Å². The van der Waals surface area contributed by atoms with E-state index in [-0.39, 0.29) is 29.5 Å². The van der Waals surface area contributed by atoms with Crippen LogP contribution >= 0.6 is 23.4 Å². The molecule has 2 unspecified atom stereocenters. The molecule has 0 spiro atoms. The van der Waals surface area contributed by atoms with Crippen LogP contribution in [-0.2, 0) is 4.84 Å². The molecule has 0 aromatic heterocycles. The van der Waals surface area contributed by atoms with Crippen LogP contribution in [0.25, 0.3) is 0 Å². The van der Waals surface area contributed by atoms with Crippen LogP contribution in [0.2, 0.25) is 0 Å². The van der Waals surface area contributed by atoms with Gasteiger partial charge in [0.1, 0.15) is 29.2 Å². The zero-order chi connectivity index (χ0) is 15.4. The summed E-state index contributed by atoms with van der Waals surface area (Å²) >= 11 is 7.42. The fraction of sp³-hybridized carbons (Fsp3) is 0.462. The molecule has 0 radical (unpaired) electrons. The Bertz CT molecular complexity index is 715. The number of rotatable bonds is 0. The monoisotopic (exact) mass is 344 g/mol. The summed E-state index contributed by atoms with van der Waals surface area (Å²) in [6.45, 7) is 0.520. The van der Waals surface area contributed by atoms with E-state index in [0.717, 1.165) is 0 Å². The first-order valence-corrected chi connectivity index (χ1v) is 8.35. The third-order valence-corrected chi connectivity index (χ3v) is 4.92. The number of hydrogen-bond donors (Lipinski definition) is 0. The van der Waals surface area contributed by atoms with Crippen LogP contribution in [-0.4, -0.2) is 47.2 Å². The lowest BCUT2D eigenvalue weighted by Crippen LogP contribution is -2.39. The lowest BCUT2D eigenvalue weighted by molar-refractivity contribution is 0.152. The average Bonchev–Trinajstić information content (AvgIpc) is 2.98. The fourth-order valence-electron chi connectivity index (χ4n) is 3.03. The van der Waals surface area contributed by atoms with Gasteiger partial charge in [0.15, 0.2) is 5.83 Å². The number of hydrogen-bond acceptors (Lipinski definition) is 6. The van der Waals surface area contributed by atoms with Crippen molar-refractivity contribution in [1.29, 1.82) is 0 Å². The summed E-state index contributed by atoms with van der Waals surface area (Å²) in [5.41, 5.74) is 1.05. The third kappa shape index (κ3) is 1.86. The molecule has 5 nitrogen and oxygen atoms in total. The SMILES string of the molecule is CSC1=NN2CCC(F)C3=C2C(=N1)C(F)=C(Cl)C1=NOCC13. The van der Waals surface area contributed by atoms with Gasteiger partial charge in [0, 0.05) is 18.5 Å². The highest BCUT2D eigenvalue weighted by molar-refractivity contribution is 8.13. The molecule has 3 heterocycles. The predicted octanol–water partition coefficient (Wildman–Crippen LogP) is 2.81. The summed E-state index contributed by atoms with van der Waals surface area (Å²) in [6, 6.07) is 0. The molecule has 0 aromatic rings. The molecular weight excluding hydrogens is 334 g/mol. The topological polar surface area (TPSA) is 49.5 Å². The lowest BCUT2D eigenvalue weighted by atomic mass is 9.87. The molecule has 4 aliphatic rings. The second-order valence-electron chi connectivity index (χ2n) is 5.18. The maximum Gasteiger partial charge on any atom is 0.207 e. The molecule has 0 bridgehead atoms. The Kier molecular flexibility index (Phi) is 3.26. The normalized spacial score (nSPS) is 30.2. The fourth-order valence-corrected chi connectivity index (χ4v) is 3.65. The molecule has 22 heavy (non-hydrogen) atoms. The molecule has 9 heteroatoms. The van der Waals surface area contributed by atoms with Crippen molar-refractivity contribution < 1.29 is 13.6 Å². The van der Waals surface area contributed by atoms with Crippen molar-refractivity contribution >= 4 is 40.0 Å². The van der Waals surface area contributed by atoms with Gasteiger partial charge in [-0.2, -0.15) is 0 Å². The van der Waals surface area contributed by atoms with E-state index in [1.165, 1.54) is 11.8 Å². The van der Waals surface area contributed by atoms with Crippen molar-refractivity contribution in [3.63, 3.8) is 0 Å². The van der Waals surface area contributed by atoms with E-state index in [1.54, 1.807) is 11.3 Å². The minimum atomic E-state index is -1.21. The number of halogens is 3. The first-order valence-electron chi connectivity index (χ1n) is 6.75. The molecule has 1 aliphatic carbocycles. The summed E-state index contributed by atoms with van der Waals surface area (Å²) < 4.78 is 29.4. The Balaban J connectivity index is 2.01. The molecule has 0 aromatic carbocycles. The zero-order valence-electron chi connectivity index (χ0n) is 11.5. The van der Waals surface area contributed by atoms with Gasteiger partial charge in [-0.05, 0) is 6.26 Å². The molecule has 3 aliphatic heterocycles. The average molecular weight is 345 g/mol. The van der Waals surface area contributed by atoms with Crippen LogP contribution in [0.15, 0.2) is 37.4 Å². The molecule has 0 saturated heterocycles. The first kappa shape index (κ1) is 14.2. The lowest BCUT2D eigenvalue weighted by Gasteiger charge is -2.35. The highest BCUT2D eigenvalue weighted by atomic mass is 35.5. The van der Waals surface area contributed by atoms with Gasteiger partial charge in [-0.15, -0.1) is 5.10 Å². The van der Waals surface area contributed by atoms with Gasteiger partial charge in [-0.1, -0.05) is 28.5 Å². The van der Waals surface area contributed by atoms with Gasteiger partial charge >= 0.3 is 0 Å². The van der Waals surface area contributed by atoms with Crippen molar-refractivity contribution in [3.8, 4) is 0 Å². The van der Waals surface area contributed by atoms with Crippen LogP contribution in [0.3, 0.4) is 0 Å². The van der Waals surface area contributed by atoms with E-state index in [2.05, 4.69) is 15.2 Å². The second kappa shape index (κ2) is 5.06. The van der Waals surface area contributed by atoms with E-state index >= 15 is 0 Å². The number of amidine groups is 1. The Morgan fingerprint density at radius 3 is 3.05 bits per heavy atom. The standard InChI is InChI=1S/C13H11ClF2N4OS/c1-22-13-17-11-9(16)8(14)10-5(4-21-19-10)7-6(15)2-3-20(18-13)12(7)11/h5-6H,2-4H2,1H3. The summed E-state index contributed by atoms with van der Waals surface area (Å²) in [6.07, 6.45) is 0.863. The predicted molar refractivity (Wildman–Crippen MR) is 82.5 cm³/mol. The van der Waals surface area contributed by atoms with E-state index in [4.69, 9.17) is 16.4 Å². The van der Waals surface area contributed by atoms with Crippen LogP contribution in [0.1, 0.15) is 6.42 Å². The van der Waals surface area contributed by atoms with E-state index < -0.39 is 17.9 Å². The number of allylic oxidation sites excluding steroid dienone is 2. The van der Waals surface area contributed by atoms with Gasteiger partial charge in [0.2, 0.25) is 5.17 Å². The van der Waals surface area contributed by atoms with E-state index in [9.17, 15) is 8.78 Å². The maximum atomic E-state index is 14.8. The number of alkyl halides is 1. The highest BCUT2D eigenvalue weighted by Crippen LogP contribution is 2.42. The van der Waals surface area contributed by atoms with Crippen LogP contribution in [0.4, 0.5) is 8.78 Å². The number of thioether (sulfide) groups is 1. The van der Waals surface area contributed by atoms with Gasteiger partial charge in [-0.3, -0.25) is 5.01 Å². The zero-order valence-corrected chi connectivity index (χ0v) is 13.1. The number of fused-ring (bicyclic) bond motifs is 2. The Morgan fingerprint density at radius 2 is 2.27 bits per heavy atom. The quantitative estimate of drug-likeness (QED) is 0.679. The molecule has 0 N–H and O–H groups in total. The van der Waals surface area contributed by atoms with Crippen LogP contribution in [0.5, 0.6) is 0 Å². The minimum Gasteiger partial charge on any atom is -0.394 e. The molecule has 0 fully saturated rings. The van der Waals surface area contributed by atoms with Gasteiger partial charge in [-0.25, -0.2) is 13.8 Å². The number of nitrogens with zero attached hydrogens (tertiary/aromatic N) is 4. The Morgan fingerprint density at radius 1 is 1.45 bits per heavy atom. The Labute approximate surface area is 134 Å². The van der Waals surface area contributed by atoms with Crippen molar-refractivity contribution in [2.45, 2.75) is 12.6 Å². The summed E-state index contributed by atoms with van der Waals surface area (Å²) in [7, 11) is 0. The molecule has 116 valence electrons. The van der Waals surface area contributed by atoms with Crippen LogP contribution < -0.4 is 0 Å². The number of hydrazone groups is 1. The third-order valence-electron chi connectivity index (χ3n) is 4.02. The summed E-state index contributed by atoms with van der Waals surface area (Å²) in [5, 5.41) is 10.0. The van der Waals surface area contributed by atoms with Crippen molar-refractivity contribution in [1.82, 2.24) is 5.01 Å². The van der Waals surface area contributed by atoms with Crippen molar-refractivity contribution in [2.75, 3.05) is 19.4 Å². The molecule has 0 amide bonds. The van der Waals surface area contributed by atoms with Crippen molar-refractivity contribution in [2.24, 2.45) is 21.2 Å². The number of oxime groups is 1.